The lowest BCUT2D eigenvalue weighted by molar-refractivity contribution is -0.192. The summed E-state index contributed by atoms with van der Waals surface area (Å²) in [5.74, 6) is 3.35. The van der Waals surface area contributed by atoms with Gasteiger partial charge >= 0.3 is 21.4 Å². The van der Waals surface area contributed by atoms with E-state index in [9.17, 15) is 0 Å². The molecule has 352 valence electrons. The molecule has 15 heteroatoms. The Bertz CT molecular complexity index is 2050. The molecule has 12 nitrogen and oxygen atoms in total. The van der Waals surface area contributed by atoms with Crippen molar-refractivity contribution in [3.8, 4) is 34.5 Å². The lowest BCUT2D eigenvalue weighted by Gasteiger charge is -2.55. The molecule has 0 N–H and O–H groups in total. The summed E-state index contributed by atoms with van der Waals surface area (Å²) in [7, 11) is -2.37. The van der Waals surface area contributed by atoms with E-state index < -0.39 is 58.0 Å². The number of hydrogen-bond donors (Lipinski definition) is 0. The van der Waals surface area contributed by atoms with Gasteiger partial charge in [0.05, 0.1) is 92.7 Å². The van der Waals surface area contributed by atoms with Gasteiger partial charge in [0.1, 0.15) is 34.5 Å². The smallest absolute Gasteiger partial charge is 0.494 e. The molecule has 7 aliphatic heterocycles. The lowest BCUT2D eigenvalue weighted by Crippen LogP contribution is -2.70. The second-order valence-corrected chi connectivity index (χ2v) is 18.2. The average molecular weight is 912 g/mol. The van der Waals surface area contributed by atoms with Crippen molar-refractivity contribution in [1.29, 1.82) is 0 Å². The van der Waals surface area contributed by atoms with Gasteiger partial charge in [-0.05, 0) is 113 Å². The molecule has 67 heavy (non-hydrogen) atoms. The quantitative estimate of drug-likeness (QED) is 0.116. The van der Waals surface area contributed by atoms with Crippen molar-refractivity contribution in [3.05, 3.63) is 104 Å². The van der Waals surface area contributed by atoms with Crippen molar-refractivity contribution < 1.29 is 56.3 Å². The number of benzene rings is 3. The Kier molecular flexibility index (Phi) is 15.3. The maximum Gasteiger partial charge on any atom is 0.502 e. The zero-order chi connectivity index (χ0) is 45.4. The third-order valence-corrected chi connectivity index (χ3v) is 13.8. The number of fused-ring (bicyclic) bond motifs is 16. The summed E-state index contributed by atoms with van der Waals surface area (Å²) in [6.45, 7) is 10.9. The van der Waals surface area contributed by atoms with Crippen LogP contribution in [-0.2, 0) is 27.9 Å². The summed E-state index contributed by atoms with van der Waals surface area (Å²) < 4.78 is 82.4. The van der Waals surface area contributed by atoms with Crippen LogP contribution >= 0.6 is 0 Å². The molecule has 3 aromatic carbocycles. The number of rotatable bonds is 10. The Labute approximate surface area is 396 Å². The molecule has 0 spiro atoms. The van der Waals surface area contributed by atoms with Crippen LogP contribution in [0.4, 0.5) is 0 Å². The molecule has 10 aliphatic rings. The van der Waals surface area contributed by atoms with Crippen LogP contribution in [0.2, 0.25) is 0 Å². The highest BCUT2D eigenvalue weighted by Gasteiger charge is 2.73. The SMILES string of the molecule is C=CCCCOc1cccc2c1B1O[C@@H]3C4[C@@H]5OB6O[C@@H]5C([C@H]5OB(O[C@@H]45)c4c(cccc4OCCC/C=C/CCCOc4cccc(OCCCC=C)c46)OCCC/C=C/CCCO2)[C@@H]3O1. The van der Waals surface area contributed by atoms with E-state index in [1.807, 2.05) is 66.7 Å². The highest BCUT2D eigenvalue weighted by atomic mass is 16.7. The molecule has 3 aliphatic carbocycles. The molecule has 12 bridgehead atoms. The van der Waals surface area contributed by atoms with Gasteiger partial charge in [0, 0.05) is 11.8 Å². The van der Waals surface area contributed by atoms with Gasteiger partial charge in [0.15, 0.2) is 0 Å². The minimum Gasteiger partial charge on any atom is -0.494 e. The molecule has 0 aromatic heterocycles. The standard InChI is InChI=1S/C52H63B3O12/c1-3-5-15-30-56-36-24-21-26-38-44(36)53-62-47-42-49-50-43(48(47)63-53)52-51(42)66-55(67-52)46-40(60-34-19-13-9-7-11-17-32-58-38)28-23-29-41(46)61-35-20-14-10-8-12-18-33-59-39-27-22-25-37(57-31-16-6-4-2)45(39)54(64-49)65-50/h3-4,7-10,21-29,42-43,47-52H,1-2,5-6,11-20,30-35H2/b9-7+,10-8+/t42?,43?,47-,48+,49+,50-,51-,52+. The van der Waals surface area contributed by atoms with Crippen LogP contribution < -0.4 is 44.8 Å². The molecule has 7 heterocycles. The largest absolute Gasteiger partial charge is 0.502 e. The van der Waals surface area contributed by atoms with Crippen molar-refractivity contribution >= 4 is 37.7 Å². The minimum atomic E-state index is -0.792. The van der Waals surface area contributed by atoms with Gasteiger partial charge in [0.2, 0.25) is 0 Å². The normalized spacial score (nSPS) is 28.9. The highest BCUT2D eigenvalue weighted by molar-refractivity contribution is 6.65. The van der Waals surface area contributed by atoms with Crippen molar-refractivity contribution in [2.24, 2.45) is 11.8 Å². The van der Waals surface area contributed by atoms with Gasteiger partial charge in [0.25, 0.3) is 0 Å². The van der Waals surface area contributed by atoms with Gasteiger partial charge in [-0.15, -0.1) is 13.2 Å². The van der Waals surface area contributed by atoms with Crippen LogP contribution in [0.3, 0.4) is 0 Å². The highest BCUT2D eigenvalue weighted by Crippen LogP contribution is 2.56. The van der Waals surface area contributed by atoms with Gasteiger partial charge in [-0.1, -0.05) is 54.7 Å². The Morgan fingerprint density at radius 2 is 0.761 bits per heavy atom. The second kappa shape index (κ2) is 22.2. The molecule has 3 saturated heterocycles. The third-order valence-electron chi connectivity index (χ3n) is 13.8. The molecular weight excluding hydrogens is 849 g/mol. The van der Waals surface area contributed by atoms with Crippen LogP contribution in [0.1, 0.15) is 77.0 Å². The first-order valence-corrected chi connectivity index (χ1v) is 24.8. The maximum absolute atomic E-state index is 7.20. The first-order valence-electron chi connectivity index (χ1n) is 24.8. The summed E-state index contributed by atoms with van der Waals surface area (Å²) in [5.41, 5.74) is 2.23. The van der Waals surface area contributed by atoms with E-state index in [1.54, 1.807) is 0 Å². The van der Waals surface area contributed by atoms with Crippen molar-refractivity contribution in [1.82, 2.24) is 0 Å². The number of unbranched alkanes of at least 4 members (excludes halogenated alkanes) is 2. The number of ether oxygens (including phenoxy) is 6. The van der Waals surface area contributed by atoms with Crippen molar-refractivity contribution in [2.45, 2.75) is 114 Å². The fraction of sp³-hybridized carbons (Fsp3) is 0.500. The molecule has 3 aromatic rings. The summed E-state index contributed by atoms with van der Waals surface area (Å²) in [4.78, 5) is 0. The Hall–Kier alpha value is -4.63. The average Bonchev–Trinajstić information content (AvgIpc) is 4.11. The molecule has 3 saturated carbocycles. The van der Waals surface area contributed by atoms with Gasteiger partial charge in [-0.3, -0.25) is 0 Å². The van der Waals surface area contributed by atoms with Crippen LogP contribution in [0.25, 0.3) is 0 Å². The topological polar surface area (TPSA) is 111 Å². The summed E-state index contributed by atoms with van der Waals surface area (Å²) >= 11 is 0. The van der Waals surface area contributed by atoms with E-state index in [0.717, 1.165) is 93.4 Å². The Morgan fingerprint density at radius 3 is 1.10 bits per heavy atom. The lowest BCUT2D eigenvalue weighted by atomic mass is 9.61. The first kappa shape index (κ1) is 46.1. The zero-order valence-electron chi connectivity index (χ0n) is 38.6. The summed E-state index contributed by atoms with van der Waals surface area (Å²) in [6.07, 6.45) is 20.3. The molecule has 6 fully saturated rings. The summed E-state index contributed by atoms with van der Waals surface area (Å²) in [5, 5.41) is 0. The molecule has 2 unspecified atom stereocenters. The summed E-state index contributed by atoms with van der Waals surface area (Å²) in [6, 6.07) is 17.8. The van der Waals surface area contributed by atoms with Crippen molar-refractivity contribution in [3.63, 3.8) is 0 Å². The predicted octanol–water partition coefficient (Wildman–Crippen LogP) is 7.25. The van der Waals surface area contributed by atoms with Crippen LogP contribution in [-0.4, -0.2) is 97.6 Å². The van der Waals surface area contributed by atoms with Crippen molar-refractivity contribution in [2.75, 3.05) is 39.6 Å². The molecular formula is C52H63B3O12. The second-order valence-electron chi connectivity index (χ2n) is 18.2. The van der Waals surface area contributed by atoms with E-state index in [-0.39, 0.29) is 11.8 Å². The molecule has 0 radical (unpaired) electrons. The monoisotopic (exact) mass is 912 g/mol. The fourth-order valence-corrected chi connectivity index (χ4v) is 10.7. The van der Waals surface area contributed by atoms with Crippen LogP contribution in [0, 0.1) is 11.8 Å². The minimum absolute atomic E-state index is 0.363. The Morgan fingerprint density at radius 1 is 0.448 bits per heavy atom. The van der Waals surface area contributed by atoms with Crippen LogP contribution in [0.5, 0.6) is 34.5 Å². The van der Waals surface area contributed by atoms with Gasteiger partial charge in [-0.2, -0.15) is 0 Å². The Balaban J connectivity index is 1.04. The fourth-order valence-electron chi connectivity index (χ4n) is 10.7. The van der Waals surface area contributed by atoms with Gasteiger partial charge in [-0.25, -0.2) is 0 Å². The third kappa shape index (κ3) is 9.96. The number of hydrogen-bond acceptors (Lipinski definition) is 12. The maximum atomic E-state index is 7.20. The van der Waals surface area contributed by atoms with E-state index >= 15 is 0 Å². The predicted molar refractivity (Wildman–Crippen MR) is 259 cm³/mol. The van der Waals surface area contributed by atoms with E-state index in [4.69, 9.17) is 56.3 Å². The van der Waals surface area contributed by atoms with E-state index in [1.165, 1.54) is 0 Å². The van der Waals surface area contributed by atoms with E-state index in [0.29, 0.717) is 74.1 Å². The van der Waals surface area contributed by atoms with Crippen LogP contribution in [0.15, 0.2) is 104 Å². The molecule has 8 atom stereocenters. The first-order chi connectivity index (χ1) is 33.2. The molecule has 13 rings (SSSR count). The number of allylic oxidation sites excluding steroid dienone is 6. The van der Waals surface area contributed by atoms with E-state index in [2.05, 4.69) is 37.5 Å². The van der Waals surface area contributed by atoms with Gasteiger partial charge < -0.3 is 56.3 Å². The zero-order valence-corrected chi connectivity index (χ0v) is 38.6. The molecule has 0 amide bonds.